The Hall–Kier alpha value is -4.72. The van der Waals surface area contributed by atoms with Crippen molar-refractivity contribution in [1.29, 1.82) is 0 Å². The number of nitrogens with zero attached hydrogens (tertiary/aromatic N) is 2. The number of aryl methyl sites for hydroxylation is 1. The average molecular weight is 647 g/mol. The Kier molecular flexibility index (Phi) is 7.97. The van der Waals surface area contributed by atoms with Crippen molar-refractivity contribution in [2.75, 3.05) is 16.8 Å². The van der Waals surface area contributed by atoms with E-state index in [1.54, 1.807) is 23.1 Å². The molecular formula is C39H29F3N2S2. The Morgan fingerprint density at radius 1 is 0.543 bits per heavy atom. The number of anilines is 5. The molecule has 0 aliphatic rings. The molecule has 1 heterocycles. The van der Waals surface area contributed by atoms with Crippen molar-refractivity contribution >= 4 is 71.7 Å². The first-order valence-electron chi connectivity index (χ1n) is 14.8. The zero-order valence-corrected chi connectivity index (χ0v) is 26.8. The third kappa shape index (κ3) is 6.08. The maximum absolute atomic E-state index is 13.1. The van der Waals surface area contributed by atoms with Gasteiger partial charge in [0.25, 0.3) is 0 Å². The molecule has 0 unspecified atom stereocenters. The van der Waals surface area contributed by atoms with Crippen LogP contribution in [0, 0.1) is 6.92 Å². The maximum Gasteiger partial charge on any atom is 0.416 e. The number of hydrogen-bond donors (Lipinski definition) is 0. The molecule has 6 aromatic carbocycles. The minimum Gasteiger partial charge on any atom is -0.345 e. The highest BCUT2D eigenvalue weighted by atomic mass is 32.2. The largest absolute Gasteiger partial charge is 0.416 e. The quantitative estimate of drug-likeness (QED) is 0.170. The van der Waals surface area contributed by atoms with Crippen LogP contribution in [0.5, 0.6) is 0 Å². The van der Waals surface area contributed by atoms with Crippen molar-refractivity contribution in [3.8, 4) is 0 Å². The van der Waals surface area contributed by atoms with E-state index in [4.69, 9.17) is 0 Å². The average Bonchev–Trinajstić information content (AvgIpc) is 3.44. The fourth-order valence-electron chi connectivity index (χ4n) is 5.56. The SMILES string of the molecule is Cc1ccc(Sc2ccc(N(c3ccccc3)c3ccc4c(c3)sc3cc(N(C)c5ccc(C(F)(F)F)cc5)ccc34)cc2)cc1. The van der Waals surface area contributed by atoms with Gasteiger partial charge >= 0.3 is 6.18 Å². The summed E-state index contributed by atoms with van der Waals surface area (Å²) in [5.74, 6) is 0. The summed E-state index contributed by atoms with van der Waals surface area (Å²) >= 11 is 3.47. The lowest BCUT2D eigenvalue weighted by atomic mass is 10.1. The van der Waals surface area contributed by atoms with Crippen LogP contribution in [0.4, 0.5) is 41.6 Å². The van der Waals surface area contributed by atoms with Crippen LogP contribution in [0.15, 0.2) is 149 Å². The highest BCUT2D eigenvalue weighted by molar-refractivity contribution is 7.99. The second kappa shape index (κ2) is 12.2. The summed E-state index contributed by atoms with van der Waals surface area (Å²) < 4.78 is 41.5. The van der Waals surface area contributed by atoms with Crippen LogP contribution in [-0.2, 0) is 6.18 Å². The third-order valence-corrected chi connectivity index (χ3v) is 10.2. The van der Waals surface area contributed by atoms with E-state index < -0.39 is 11.7 Å². The van der Waals surface area contributed by atoms with Crippen molar-refractivity contribution in [2.24, 2.45) is 0 Å². The van der Waals surface area contributed by atoms with Gasteiger partial charge in [-0.05, 0) is 104 Å². The topological polar surface area (TPSA) is 6.48 Å². The number of benzene rings is 6. The van der Waals surface area contributed by atoms with Gasteiger partial charge in [-0.25, -0.2) is 0 Å². The monoisotopic (exact) mass is 646 g/mol. The third-order valence-electron chi connectivity index (χ3n) is 8.03. The molecule has 2 nitrogen and oxygen atoms in total. The molecule has 0 saturated heterocycles. The van der Waals surface area contributed by atoms with Crippen molar-refractivity contribution in [2.45, 2.75) is 22.9 Å². The first-order valence-corrected chi connectivity index (χ1v) is 16.4. The van der Waals surface area contributed by atoms with Crippen LogP contribution in [0.2, 0.25) is 0 Å². The Balaban J connectivity index is 1.21. The number of para-hydroxylation sites is 1. The molecule has 0 N–H and O–H groups in total. The molecule has 7 rings (SSSR count). The molecular weight excluding hydrogens is 618 g/mol. The number of fused-ring (bicyclic) bond motifs is 3. The normalized spacial score (nSPS) is 11.7. The molecule has 7 heteroatoms. The van der Waals surface area contributed by atoms with Gasteiger partial charge in [-0.1, -0.05) is 59.8 Å². The molecule has 1 aromatic heterocycles. The highest BCUT2D eigenvalue weighted by Crippen LogP contribution is 2.42. The van der Waals surface area contributed by atoms with E-state index in [-0.39, 0.29) is 0 Å². The fourth-order valence-corrected chi connectivity index (χ4v) is 7.54. The van der Waals surface area contributed by atoms with Gasteiger partial charge in [0.1, 0.15) is 0 Å². The van der Waals surface area contributed by atoms with Gasteiger partial charge in [0.2, 0.25) is 0 Å². The van der Waals surface area contributed by atoms with Crippen LogP contribution in [0.1, 0.15) is 11.1 Å². The molecule has 0 saturated carbocycles. The summed E-state index contributed by atoms with van der Waals surface area (Å²) in [5, 5.41) is 2.32. The lowest BCUT2D eigenvalue weighted by molar-refractivity contribution is -0.137. The van der Waals surface area contributed by atoms with Gasteiger partial charge in [0.05, 0.1) is 5.56 Å². The van der Waals surface area contributed by atoms with E-state index >= 15 is 0 Å². The van der Waals surface area contributed by atoms with E-state index in [9.17, 15) is 13.2 Å². The molecule has 0 radical (unpaired) electrons. The standard InChI is InChI=1S/C39H29F3N2S2/c1-26-8-18-33(19-9-26)45-34-20-14-30(15-21-34)44(29-6-4-3-5-7-29)32-17-23-36-35-22-16-31(24-37(35)46-38(36)25-32)43(2)28-12-10-27(11-13-28)39(40,41)42/h3-25H,1-2H3. The van der Waals surface area contributed by atoms with Gasteiger partial charge < -0.3 is 9.80 Å². The summed E-state index contributed by atoms with van der Waals surface area (Å²) in [6.07, 6.45) is -4.35. The van der Waals surface area contributed by atoms with Crippen LogP contribution < -0.4 is 9.80 Å². The summed E-state index contributed by atoms with van der Waals surface area (Å²) in [5.41, 5.74) is 5.40. The Bertz CT molecular complexity index is 2120. The minimum atomic E-state index is -4.35. The molecule has 0 aliphatic heterocycles. The van der Waals surface area contributed by atoms with Gasteiger partial charge in [-0.2, -0.15) is 13.2 Å². The van der Waals surface area contributed by atoms with Crippen LogP contribution in [0.3, 0.4) is 0 Å². The van der Waals surface area contributed by atoms with E-state index in [1.807, 2.05) is 24.1 Å². The number of rotatable bonds is 7. The first-order chi connectivity index (χ1) is 22.2. The van der Waals surface area contributed by atoms with E-state index in [0.717, 1.165) is 49.7 Å². The van der Waals surface area contributed by atoms with Crippen molar-refractivity contribution < 1.29 is 13.2 Å². The number of alkyl halides is 3. The predicted octanol–water partition coefficient (Wildman–Crippen LogP) is 12.8. The lowest BCUT2D eigenvalue weighted by Crippen LogP contribution is -2.10. The predicted molar refractivity (Wildman–Crippen MR) is 189 cm³/mol. The molecule has 0 atom stereocenters. The molecule has 0 aliphatic carbocycles. The van der Waals surface area contributed by atoms with Crippen molar-refractivity contribution in [3.63, 3.8) is 0 Å². The van der Waals surface area contributed by atoms with Crippen molar-refractivity contribution in [3.05, 3.63) is 151 Å². The summed E-state index contributed by atoms with van der Waals surface area (Å²) in [4.78, 5) is 6.57. The van der Waals surface area contributed by atoms with Gasteiger partial charge in [0, 0.05) is 65.4 Å². The first kappa shape index (κ1) is 30.0. The molecule has 7 aromatic rings. The summed E-state index contributed by atoms with van der Waals surface area (Å²) in [7, 11) is 1.87. The second-order valence-electron chi connectivity index (χ2n) is 11.1. The minimum absolute atomic E-state index is 0.651. The Morgan fingerprint density at radius 3 is 1.65 bits per heavy atom. The maximum atomic E-state index is 13.1. The van der Waals surface area contributed by atoms with E-state index in [1.165, 1.54) is 32.9 Å². The number of hydrogen-bond acceptors (Lipinski definition) is 4. The van der Waals surface area contributed by atoms with Gasteiger partial charge in [0.15, 0.2) is 0 Å². The zero-order chi connectivity index (χ0) is 31.8. The van der Waals surface area contributed by atoms with E-state index in [2.05, 4.69) is 115 Å². The smallest absolute Gasteiger partial charge is 0.345 e. The van der Waals surface area contributed by atoms with Crippen molar-refractivity contribution in [1.82, 2.24) is 0 Å². The molecule has 0 spiro atoms. The molecule has 46 heavy (non-hydrogen) atoms. The molecule has 228 valence electrons. The van der Waals surface area contributed by atoms with Gasteiger partial charge in [-0.15, -0.1) is 11.3 Å². The van der Waals surface area contributed by atoms with Crippen LogP contribution >= 0.6 is 23.1 Å². The lowest BCUT2D eigenvalue weighted by Gasteiger charge is -2.25. The number of halogens is 3. The molecule has 0 bridgehead atoms. The second-order valence-corrected chi connectivity index (χ2v) is 13.4. The summed E-state index contributed by atoms with van der Waals surface area (Å²) in [6, 6.07) is 45.7. The number of thiophene rings is 1. The molecule has 0 fully saturated rings. The van der Waals surface area contributed by atoms with E-state index in [0.29, 0.717) is 5.69 Å². The summed E-state index contributed by atoms with van der Waals surface area (Å²) in [6.45, 7) is 2.10. The Morgan fingerprint density at radius 2 is 1.04 bits per heavy atom. The van der Waals surface area contributed by atoms with Crippen LogP contribution in [-0.4, -0.2) is 7.05 Å². The molecule has 0 amide bonds. The van der Waals surface area contributed by atoms with Crippen LogP contribution in [0.25, 0.3) is 20.2 Å². The fraction of sp³-hybridized carbons (Fsp3) is 0.0769. The van der Waals surface area contributed by atoms with Gasteiger partial charge in [-0.3, -0.25) is 0 Å². The highest BCUT2D eigenvalue weighted by Gasteiger charge is 2.30. The zero-order valence-electron chi connectivity index (χ0n) is 25.1. The Labute approximate surface area is 274 Å².